The molecule has 3 heterocycles. The summed E-state index contributed by atoms with van der Waals surface area (Å²) in [6, 6.07) is 46.4. The first kappa shape index (κ1) is 27.7. The lowest BCUT2D eigenvalue weighted by molar-refractivity contribution is 0.512. The smallest absolute Gasteiger partial charge is 0.130 e. The van der Waals surface area contributed by atoms with Crippen molar-refractivity contribution in [3.63, 3.8) is 0 Å². The minimum atomic E-state index is 0.599. The third-order valence-electron chi connectivity index (χ3n) is 8.62. The van der Waals surface area contributed by atoms with Crippen molar-refractivity contribution >= 4 is 70.7 Å². The van der Waals surface area contributed by atoms with E-state index in [0.717, 1.165) is 76.5 Å². The number of fused-ring (bicyclic) bond motifs is 5. The highest BCUT2D eigenvalue weighted by Gasteiger charge is 2.19. The second kappa shape index (κ2) is 11.1. The van der Waals surface area contributed by atoms with Crippen molar-refractivity contribution in [2.24, 2.45) is 0 Å². The van der Waals surface area contributed by atoms with Crippen LogP contribution in [-0.2, 0) is 0 Å². The van der Waals surface area contributed by atoms with Crippen LogP contribution in [-0.4, -0.2) is 14.5 Å². The summed E-state index contributed by atoms with van der Waals surface area (Å²) in [5, 5.41) is 4.33. The van der Waals surface area contributed by atoms with Crippen LogP contribution >= 0.6 is 22.7 Å². The predicted molar refractivity (Wildman–Crippen MR) is 199 cm³/mol. The Morgan fingerprint density at radius 1 is 0.617 bits per heavy atom. The van der Waals surface area contributed by atoms with Gasteiger partial charge in [0, 0.05) is 27.5 Å². The monoisotopic (exact) mass is 641 g/mol. The second-order valence-electron chi connectivity index (χ2n) is 11.6. The molecular formula is C41H27N3OS2. The highest BCUT2D eigenvalue weighted by atomic mass is 32.1. The van der Waals surface area contributed by atoms with Gasteiger partial charge in [0.15, 0.2) is 0 Å². The summed E-state index contributed by atoms with van der Waals surface area (Å²) in [6.07, 6.45) is 0. The number of aryl methyl sites for hydroxylation is 1. The fourth-order valence-corrected chi connectivity index (χ4v) is 8.23. The fourth-order valence-electron chi connectivity index (χ4n) is 6.30. The zero-order valence-corrected chi connectivity index (χ0v) is 27.1. The number of nitrogens with zero attached hydrogens (tertiary/aromatic N) is 3. The molecule has 224 valence electrons. The standard InChI is InChI=1S/C41H27N3OS2/c1-25-11-3-8-16-37(25)45-26(2)29-12-4-7-15-34(29)44-35-21-19-27(40-42-32-13-5-9-17-38(32)46-40)23-30(35)31-24-28(20-22-36(31)44)41-43-33-14-6-10-18-39(33)47-41/h3-24H,2H2,1H3. The highest BCUT2D eigenvalue weighted by Crippen LogP contribution is 2.41. The van der Waals surface area contributed by atoms with Gasteiger partial charge in [-0.1, -0.05) is 61.2 Å². The van der Waals surface area contributed by atoms with Crippen molar-refractivity contribution in [3.05, 3.63) is 151 Å². The number of ether oxygens (including phenoxy) is 1. The summed E-state index contributed by atoms with van der Waals surface area (Å²) < 4.78 is 11.1. The third-order valence-corrected chi connectivity index (χ3v) is 10.8. The van der Waals surface area contributed by atoms with E-state index in [0.29, 0.717) is 5.76 Å². The Kier molecular flexibility index (Phi) is 6.52. The lowest BCUT2D eigenvalue weighted by Crippen LogP contribution is -2.02. The molecule has 6 aromatic carbocycles. The number of aromatic nitrogens is 3. The van der Waals surface area contributed by atoms with Crippen LogP contribution in [0.1, 0.15) is 11.1 Å². The number of para-hydroxylation sites is 4. The maximum absolute atomic E-state index is 6.38. The second-order valence-corrected chi connectivity index (χ2v) is 13.6. The molecule has 9 rings (SSSR count). The minimum Gasteiger partial charge on any atom is -0.457 e. The molecule has 0 aliphatic rings. The van der Waals surface area contributed by atoms with Crippen LogP contribution in [0.5, 0.6) is 5.75 Å². The van der Waals surface area contributed by atoms with E-state index in [4.69, 9.17) is 14.7 Å². The average molecular weight is 642 g/mol. The van der Waals surface area contributed by atoms with Gasteiger partial charge in [0.1, 0.15) is 21.5 Å². The predicted octanol–water partition coefficient (Wildman–Crippen LogP) is 11.7. The van der Waals surface area contributed by atoms with Crippen LogP contribution in [0.2, 0.25) is 0 Å². The molecule has 9 aromatic rings. The van der Waals surface area contributed by atoms with Gasteiger partial charge < -0.3 is 9.30 Å². The third kappa shape index (κ3) is 4.73. The molecule has 0 atom stereocenters. The highest BCUT2D eigenvalue weighted by molar-refractivity contribution is 7.22. The number of rotatable bonds is 6. The minimum absolute atomic E-state index is 0.599. The van der Waals surface area contributed by atoms with Crippen molar-refractivity contribution in [2.75, 3.05) is 0 Å². The first-order chi connectivity index (χ1) is 23.1. The molecule has 0 aliphatic heterocycles. The molecule has 6 heteroatoms. The summed E-state index contributed by atoms with van der Waals surface area (Å²) in [6.45, 7) is 6.44. The van der Waals surface area contributed by atoms with Crippen LogP contribution in [0.4, 0.5) is 0 Å². The van der Waals surface area contributed by atoms with Crippen molar-refractivity contribution in [3.8, 4) is 32.6 Å². The zero-order valence-electron chi connectivity index (χ0n) is 25.5. The van der Waals surface area contributed by atoms with Crippen LogP contribution in [0.3, 0.4) is 0 Å². The molecule has 0 amide bonds. The molecular weight excluding hydrogens is 615 g/mol. The van der Waals surface area contributed by atoms with Gasteiger partial charge >= 0.3 is 0 Å². The Morgan fingerprint density at radius 2 is 1.15 bits per heavy atom. The lowest BCUT2D eigenvalue weighted by atomic mass is 10.1. The van der Waals surface area contributed by atoms with Gasteiger partial charge in [0.2, 0.25) is 0 Å². The molecule has 3 aromatic heterocycles. The molecule has 0 unspecified atom stereocenters. The molecule has 0 saturated carbocycles. The molecule has 0 radical (unpaired) electrons. The van der Waals surface area contributed by atoms with Gasteiger partial charge in [-0.3, -0.25) is 0 Å². The van der Waals surface area contributed by atoms with Gasteiger partial charge in [-0.15, -0.1) is 22.7 Å². The van der Waals surface area contributed by atoms with Crippen LogP contribution in [0.15, 0.2) is 140 Å². The maximum Gasteiger partial charge on any atom is 0.130 e. The van der Waals surface area contributed by atoms with Gasteiger partial charge in [-0.05, 0) is 91.3 Å². The molecule has 0 aliphatic carbocycles. The average Bonchev–Trinajstić information content (AvgIpc) is 3.82. The number of hydrogen-bond acceptors (Lipinski definition) is 5. The van der Waals surface area contributed by atoms with E-state index >= 15 is 0 Å². The summed E-state index contributed by atoms with van der Waals surface area (Å²) in [5.41, 5.74) is 9.44. The lowest BCUT2D eigenvalue weighted by Gasteiger charge is -2.17. The fraction of sp³-hybridized carbons (Fsp3) is 0.0244. The van der Waals surface area contributed by atoms with E-state index in [2.05, 4.69) is 102 Å². The molecule has 0 N–H and O–H groups in total. The van der Waals surface area contributed by atoms with Crippen LogP contribution < -0.4 is 4.74 Å². The Hall–Kier alpha value is -5.56. The Morgan fingerprint density at radius 3 is 1.74 bits per heavy atom. The molecule has 4 nitrogen and oxygen atoms in total. The number of thiazole rings is 2. The van der Waals surface area contributed by atoms with E-state index < -0.39 is 0 Å². The van der Waals surface area contributed by atoms with E-state index in [1.807, 2.05) is 49.4 Å². The van der Waals surface area contributed by atoms with Gasteiger partial charge in [0.25, 0.3) is 0 Å². The summed E-state index contributed by atoms with van der Waals surface area (Å²) in [7, 11) is 0. The number of benzene rings is 6. The van der Waals surface area contributed by atoms with Crippen molar-refractivity contribution < 1.29 is 4.74 Å². The maximum atomic E-state index is 6.38. The van der Waals surface area contributed by atoms with E-state index in [-0.39, 0.29) is 0 Å². The largest absolute Gasteiger partial charge is 0.457 e. The van der Waals surface area contributed by atoms with Crippen molar-refractivity contribution in [1.29, 1.82) is 0 Å². The quantitative estimate of drug-likeness (QED) is 0.170. The summed E-state index contributed by atoms with van der Waals surface area (Å²) in [4.78, 5) is 9.97. The SMILES string of the molecule is C=C(Oc1ccccc1C)c1ccccc1-n1c2ccc(-c3nc4ccccc4s3)cc2c2cc(-c3nc4ccccc4s3)ccc21. The normalized spacial score (nSPS) is 11.6. The molecule has 0 saturated heterocycles. The van der Waals surface area contributed by atoms with E-state index in [9.17, 15) is 0 Å². The van der Waals surface area contributed by atoms with Crippen molar-refractivity contribution in [2.45, 2.75) is 6.92 Å². The zero-order chi connectivity index (χ0) is 31.5. The Balaban J connectivity index is 1.26. The molecule has 0 bridgehead atoms. The van der Waals surface area contributed by atoms with Gasteiger partial charge in [-0.25, -0.2) is 9.97 Å². The molecule has 0 spiro atoms. The number of hydrogen-bond donors (Lipinski definition) is 0. The topological polar surface area (TPSA) is 39.9 Å². The Bertz CT molecular complexity index is 2460. The van der Waals surface area contributed by atoms with Crippen molar-refractivity contribution in [1.82, 2.24) is 14.5 Å². The van der Waals surface area contributed by atoms with Gasteiger partial charge in [-0.2, -0.15) is 0 Å². The van der Waals surface area contributed by atoms with Gasteiger partial charge in [0.05, 0.1) is 37.2 Å². The molecule has 47 heavy (non-hydrogen) atoms. The first-order valence-corrected chi connectivity index (χ1v) is 17.1. The van der Waals surface area contributed by atoms with E-state index in [1.165, 1.54) is 9.40 Å². The summed E-state index contributed by atoms with van der Waals surface area (Å²) >= 11 is 3.45. The molecule has 0 fully saturated rings. The van der Waals surface area contributed by atoms with Crippen LogP contribution in [0, 0.1) is 6.92 Å². The van der Waals surface area contributed by atoms with Crippen LogP contribution in [0.25, 0.3) is 74.8 Å². The Labute approximate surface area is 279 Å². The van der Waals surface area contributed by atoms with E-state index in [1.54, 1.807) is 22.7 Å². The summed E-state index contributed by atoms with van der Waals surface area (Å²) in [5.74, 6) is 1.40. The first-order valence-electron chi connectivity index (χ1n) is 15.4.